The smallest absolute Gasteiger partial charge is 0.408 e. The zero-order valence-corrected chi connectivity index (χ0v) is 34.2. The van der Waals surface area contributed by atoms with Crippen molar-refractivity contribution in [2.75, 3.05) is 19.8 Å². The van der Waals surface area contributed by atoms with E-state index >= 15 is 0 Å². The third kappa shape index (κ3) is 24.3. The Balaban J connectivity index is 0.000000774. The Morgan fingerprint density at radius 2 is 1.14 bits per heavy atom. The highest BCUT2D eigenvalue weighted by Gasteiger charge is 2.21. The van der Waals surface area contributed by atoms with E-state index in [1.54, 1.807) is 84.0 Å². The standard InChI is InChI=1S/C15H21NO3.C14H21NO4.C9H11NO3.C4H10O/c1-11-7-5-6-8-12(11)9-13(10-17)16-14(18)19-15(2,3)4;1-14(2,3)19-13(18)15-11(9-16)8-10-6-4-5-7-12(10)17;10-7(9(12)13)5-6-3-1-2-4-8(6)11;1-3-5-4-2/h5-8,10,13H,9H2,1-4H3,(H,16,18);4-7,11,16-17H,8-9H2,1-3H3,(H,15,18);1-4,7,11H,5,10H2,(H,12,13);3-4H2,1-2H3. The summed E-state index contributed by atoms with van der Waals surface area (Å²) in [6, 6.07) is 19.1. The number of phenols is 2. The van der Waals surface area contributed by atoms with Crippen molar-refractivity contribution in [3.05, 3.63) is 95.1 Å². The van der Waals surface area contributed by atoms with Crippen LogP contribution in [0.5, 0.6) is 11.5 Å². The van der Waals surface area contributed by atoms with Gasteiger partial charge in [-0.25, -0.2) is 9.59 Å². The van der Waals surface area contributed by atoms with Crippen molar-refractivity contribution in [1.82, 2.24) is 10.6 Å². The zero-order valence-electron chi connectivity index (χ0n) is 34.2. The van der Waals surface area contributed by atoms with Crippen LogP contribution < -0.4 is 16.4 Å². The van der Waals surface area contributed by atoms with Crippen molar-refractivity contribution < 1.29 is 53.8 Å². The lowest BCUT2D eigenvalue weighted by molar-refractivity contribution is -0.138. The number of nitrogens with one attached hydrogen (secondary N) is 2. The van der Waals surface area contributed by atoms with Crippen LogP contribution in [0.2, 0.25) is 0 Å². The maximum Gasteiger partial charge on any atom is 0.408 e. The van der Waals surface area contributed by atoms with Crippen LogP contribution in [0.4, 0.5) is 9.59 Å². The molecule has 0 saturated carbocycles. The normalized spacial score (nSPS) is 12.3. The van der Waals surface area contributed by atoms with Gasteiger partial charge in [-0.2, -0.15) is 0 Å². The van der Waals surface area contributed by atoms with Gasteiger partial charge in [0.2, 0.25) is 0 Å². The fraction of sp³-hybridized carbons (Fsp3) is 0.476. The lowest BCUT2D eigenvalue weighted by Crippen LogP contribution is -2.42. The van der Waals surface area contributed by atoms with Gasteiger partial charge in [0.25, 0.3) is 0 Å². The number of carbonyl (C=O) groups is 4. The number of benzene rings is 3. The van der Waals surface area contributed by atoms with Crippen LogP contribution in [0.1, 0.15) is 77.6 Å². The zero-order chi connectivity index (χ0) is 42.9. The second kappa shape index (κ2) is 26.6. The van der Waals surface area contributed by atoms with Gasteiger partial charge in [0.1, 0.15) is 35.0 Å². The predicted molar refractivity (Wildman–Crippen MR) is 216 cm³/mol. The first kappa shape index (κ1) is 50.8. The van der Waals surface area contributed by atoms with E-state index in [4.69, 9.17) is 25.1 Å². The summed E-state index contributed by atoms with van der Waals surface area (Å²) in [7, 11) is 0. The molecule has 0 fully saturated rings. The number of aromatic hydroxyl groups is 2. The number of aryl methyl sites for hydroxylation is 1. The number of ether oxygens (including phenoxy) is 3. The number of aliphatic hydroxyl groups excluding tert-OH is 1. The molecule has 3 unspecified atom stereocenters. The number of rotatable bonds is 13. The first-order valence-electron chi connectivity index (χ1n) is 18.4. The summed E-state index contributed by atoms with van der Waals surface area (Å²) < 4.78 is 15.1. The number of carboxylic acid groups (broad SMARTS) is 1. The number of aliphatic carboxylic acids is 1. The Hall–Kier alpha value is -5.18. The molecule has 0 aromatic heterocycles. The number of hydrogen-bond donors (Lipinski definition) is 7. The fourth-order valence-corrected chi connectivity index (χ4v) is 4.46. The summed E-state index contributed by atoms with van der Waals surface area (Å²) in [5.74, 6) is -0.839. The van der Waals surface area contributed by atoms with E-state index in [0.29, 0.717) is 24.0 Å². The molecule has 0 bridgehead atoms. The highest BCUT2D eigenvalue weighted by Crippen LogP contribution is 2.18. The highest BCUT2D eigenvalue weighted by atomic mass is 16.6. The van der Waals surface area contributed by atoms with Gasteiger partial charge >= 0.3 is 18.2 Å². The Bertz CT molecular complexity index is 1600. The molecule has 14 nitrogen and oxygen atoms in total. The molecule has 0 saturated heterocycles. The lowest BCUT2D eigenvalue weighted by atomic mass is 10.0. The van der Waals surface area contributed by atoms with E-state index in [1.165, 1.54) is 6.07 Å². The highest BCUT2D eigenvalue weighted by molar-refractivity contribution is 5.74. The van der Waals surface area contributed by atoms with E-state index in [2.05, 4.69) is 10.6 Å². The number of carboxylic acids is 1. The first-order valence-corrected chi connectivity index (χ1v) is 18.4. The van der Waals surface area contributed by atoms with E-state index < -0.39 is 47.5 Å². The average Bonchev–Trinajstić information content (AvgIpc) is 3.10. The van der Waals surface area contributed by atoms with Crippen LogP contribution in [-0.2, 0) is 43.1 Å². The minimum Gasteiger partial charge on any atom is -0.508 e. The number of amides is 2. The molecule has 3 atom stereocenters. The van der Waals surface area contributed by atoms with Crippen molar-refractivity contribution in [3.63, 3.8) is 0 Å². The molecule has 0 heterocycles. The number of hydrogen-bond acceptors (Lipinski definition) is 11. The molecule has 312 valence electrons. The molecule has 8 N–H and O–H groups in total. The van der Waals surface area contributed by atoms with Crippen LogP contribution in [0.25, 0.3) is 0 Å². The summed E-state index contributed by atoms with van der Waals surface area (Å²) in [6.07, 6.45) is 0.524. The van der Waals surface area contributed by atoms with Crippen molar-refractivity contribution in [2.45, 2.75) is 111 Å². The number of para-hydroxylation sites is 2. The summed E-state index contributed by atoms with van der Waals surface area (Å²) in [5, 5.41) is 41.9. The van der Waals surface area contributed by atoms with Gasteiger partial charge in [0, 0.05) is 19.6 Å². The molecular formula is C42H63N3O11. The molecule has 14 heteroatoms. The summed E-state index contributed by atoms with van der Waals surface area (Å²) in [5.41, 5.74) is 7.51. The monoisotopic (exact) mass is 785 g/mol. The third-order valence-electron chi connectivity index (χ3n) is 7.12. The van der Waals surface area contributed by atoms with Crippen molar-refractivity contribution in [1.29, 1.82) is 0 Å². The summed E-state index contributed by atoms with van der Waals surface area (Å²) in [4.78, 5) is 44.7. The quantitative estimate of drug-likeness (QED) is 0.102. The molecule has 0 aliphatic heterocycles. The van der Waals surface area contributed by atoms with E-state index in [-0.39, 0.29) is 24.5 Å². The maximum atomic E-state index is 11.6. The molecule has 56 heavy (non-hydrogen) atoms. The number of aldehydes is 1. The van der Waals surface area contributed by atoms with Gasteiger partial charge in [-0.15, -0.1) is 0 Å². The molecular weight excluding hydrogens is 722 g/mol. The second-order valence-corrected chi connectivity index (χ2v) is 14.4. The average molecular weight is 786 g/mol. The maximum absolute atomic E-state index is 11.6. The Labute approximate surface area is 331 Å². The molecule has 0 aliphatic carbocycles. The number of carbonyl (C=O) groups excluding carboxylic acids is 3. The van der Waals surface area contributed by atoms with E-state index in [0.717, 1.165) is 30.6 Å². The van der Waals surface area contributed by atoms with Gasteiger partial charge in [-0.05, 0) is 110 Å². The van der Waals surface area contributed by atoms with Crippen LogP contribution in [0, 0.1) is 6.92 Å². The van der Waals surface area contributed by atoms with Gasteiger partial charge in [0.15, 0.2) is 0 Å². The van der Waals surface area contributed by atoms with Gasteiger partial charge < -0.3 is 55.8 Å². The van der Waals surface area contributed by atoms with Crippen LogP contribution >= 0.6 is 0 Å². The van der Waals surface area contributed by atoms with Crippen molar-refractivity contribution in [3.8, 4) is 11.5 Å². The fourth-order valence-electron chi connectivity index (χ4n) is 4.46. The van der Waals surface area contributed by atoms with Gasteiger partial charge in [-0.3, -0.25) is 4.79 Å². The Morgan fingerprint density at radius 3 is 1.52 bits per heavy atom. The number of alkyl carbamates (subject to hydrolysis) is 2. The third-order valence-corrected chi connectivity index (χ3v) is 7.12. The van der Waals surface area contributed by atoms with Crippen molar-refractivity contribution >= 4 is 24.4 Å². The van der Waals surface area contributed by atoms with Crippen LogP contribution in [0.3, 0.4) is 0 Å². The summed E-state index contributed by atoms with van der Waals surface area (Å²) >= 11 is 0. The topological polar surface area (TPSA) is 227 Å². The number of nitrogens with two attached hydrogens (primary N) is 1. The van der Waals surface area contributed by atoms with E-state index in [9.17, 15) is 34.5 Å². The van der Waals surface area contributed by atoms with E-state index in [1.807, 2.05) is 45.0 Å². The molecule has 3 aromatic rings. The first-order chi connectivity index (χ1) is 26.2. The SMILES string of the molecule is CC(C)(C)OC(=O)NC(CO)Cc1ccccc1O.CCOCC.Cc1ccccc1CC(C=O)NC(=O)OC(C)(C)C.NC(Cc1ccccc1O)C(=O)O. The van der Waals surface area contributed by atoms with Gasteiger partial charge in [0.05, 0.1) is 18.7 Å². The number of aliphatic hydroxyl groups is 1. The largest absolute Gasteiger partial charge is 0.508 e. The minimum atomic E-state index is -1.07. The Kier molecular flexibility index (Phi) is 24.1. The van der Waals surface area contributed by atoms with Crippen molar-refractivity contribution in [2.24, 2.45) is 5.73 Å². The van der Waals surface area contributed by atoms with Gasteiger partial charge in [-0.1, -0.05) is 60.7 Å². The molecule has 0 aliphatic rings. The second-order valence-electron chi connectivity index (χ2n) is 14.4. The Morgan fingerprint density at radius 1 is 0.714 bits per heavy atom. The molecule has 2 amide bonds. The molecule has 0 radical (unpaired) electrons. The molecule has 0 spiro atoms. The predicted octanol–water partition coefficient (Wildman–Crippen LogP) is 5.84. The van der Waals surface area contributed by atoms with Crippen LogP contribution in [-0.4, -0.2) is 94.0 Å². The summed E-state index contributed by atoms with van der Waals surface area (Å²) in [6.45, 7) is 18.1. The molecule has 3 rings (SSSR count). The lowest BCUT2D eigenvalue weighted by Gasteiger charge is -2.23. The molecule has 3 aromatic carbocycles. The van der Waals surface area contributed by atoms with Crippen LogP contribution in [0.15, 0.2) is 72.8 Å². The minimum absolute atomic E-state index is 0.0826. The number of phenolic OH excluding ortho intramolecular Hbond substituents is 2.